The molecule has 0 radical (unpaired) electrons. The van der Waals surface area contributed by atoms with Gasteiger partial charge in [0.25, 0.3) is 0 Å². The van der Waals surface area contributed by atoms with Gasteiger partial charge in [0.05, 0.1) is 5.02 Å². The van der Waals surface area contributed by atoms with Crippen LogP contribution in [0.15, 0.2) is 18.2 Å². The van der Waals surface area contributed by atoms with Crippen LogP contribution < -0.4 is 4.74 Å². The summed E-state index contributed by atoms with van der Waals surface area (Å²) in [5.41, 5.74) is 1.12. The van der Waals surface area contributed by atoms with E-state index in [9.17, 15) is 9.90 Å². The van der Waals surface area contributed by atoms with Crippen LogP contribution in [0.5, 0.6) is 5.75 Å². The largest absolute Gasteiger partial charge is 0.479 e. The number of unbranched alkanes of at least 4 members (excludes halogenated alkanes) is 5. The Labute approximate surface area is 164 Å². The Morgan fingerprint density at radius 2 is 1.77 bits per heavy atom. The molecule has 26 heavy (non-hydrogen) atoms. The van der Waals surface area contributed by atoms with E-state index >= 15 is 0 Å². The van der Waals surface area contributed by atoms with Gasteiger partial charge < -0.3 is 9.84 Å². The van der Waals surface area contributed by atoms with Crippen LogP contribution in [-0.2, 0) is 10.2 Å². The Morgan fingerprint density at radius 3 is 2.31 bits per heavy atom. The molecule has 148 valence electrons. The number of benzene rings is 1. The van der Waals surface area contributed by atoms with E-state index in [1.165, 1.54) is 19.3 Å². The van der Waals surface area contributed by atoms with Gasteiger partial charge in [-0.15, -0.1) is 0 Å². The molecule has 0 aromatic heterocycles. The van der Waals surface area contributed by atoms with Crippen molar-refractivity contribution in [3.8, 4) is 5.75 Å². The highest BCUT2D eigenvalue weighted by atomic mass is 35.5. The van der Waals surface area contributed by atoms with Crippen molar-refractivity contribution >= 4 is 17.6 Å². The predicted molar refractivity (Wildman–Crippen MR) is 109 cm³/mol. The molecule has 0 saturated carbocycles. The summed E-state index contributed by atoms with van der Waals surface area (Å²) in [6.45, 7) is 10.9. The Hall–Kier alpha value is -1.22. The quantitative estimate of drug-likeness (QED) is 0.402. The normalized spacial score (nSPS) is 13.0. The number of ether oxygens (including phenoxy) is 1. The van der Waals surface area contributed by atoms with E-state index in [1.807, 2.05) is 12.1 Å². The molecule has 0 aliphatic carbocycles. The number of aliphatic carboxylic acids is 1. The zero-order valence-electron chi connectivity index (χ0n) is 17.0. The second-order valence-electron chi connectivity index (χ2n) is 8.02. The highest BCUT2D eigenvalue weighted by Crippen LogP contribution is 2.36. The maximum Gasteiger partial charge on any atom is 0.344 e. The van der Waals surface area contributed by atoms with Gasteiger partial charge in [0.1, 0.15) is 5.75 Å². The van der Waals surface area contributed by atoms with E-state index < -0.39 is 12.1 Å². The van der Waals surface area contributed by atoms with E-state index in [1.54, 1.807) is 6.07 Å². The first-order valence-electron chi connectivity index (χ1n) is 9.89. The van der Waals surface area contributed by atoms with E-state index in [2.05, 4.69) is 34.6 Å². The fourth-order valence-corrected chi connectivity index (χ4v) is 3.05. The lowest BCUT2D eigenvalue weighted by atomic mass is 9.75. The van der Waals surface area contributed by atoms with Crippen LogP contribution in [0.25, 0.3) is 0 Å². The van der Waals surface area contributed by atoms with E-state index in [-0.39, 0.29) is 5.41 Å². The van der Waals surface area contributed by atoms with E-state index in [0.29, 0.717) is 23.1 Å². The third-order valence-corrected chi connectivity index (χ3v) is 5.78. The smallest absolute Gasteiger partial charge is 0.344 e. The summed E-state index contributed by atoms with van der Waals surface area (Å²) in [7, 11) is 0. The van der Waals surface area contributed by atoms with Crippen molar-refractivity contribution < 1.29 is 14.6 Å². The molecular weight excluding hydrogens is 348 g/mol. The first-order chi connectivity index (χ1) is 12.2. The average molecular weight is 383 g/mol. The van der Waals surface area contributed by atoms with Crippen molar-refractivity contribution in [1.82, 2.24) is 0 Å². The maximum absolute atomic E-state index is 11.5. The third kappa shape index (κ3) is 6.83. The molecule has 1 unspecified atom stereocenters. The summed E-state index contributed by atoms with van der Waals surface area (Å²) < 4.78 is 5.73. The molecule has 0 fully saturated rings. The second kappa shape index (κ2) is 10.8. The third-order valence-electron chi connectivity index (χ3n) is 5.48. The summed E-state index contributed by atoms with van der Waals surface area (Å²) in [4.78, 5) is 11.5. The highest BCUT2D eigenvalue weighted by Gasteiger charge is 2.26. The van der Waals surface area contributed by atoms with E-state index in [4.69, 9.17) is 16.3 Å². The van der Waals surface area contributed by atoms with Crippen LogP contribution in [-0.4, -0.2) is 17.2 Å². The molecule has 0 spiro atoms. The van der Waals surface area contributed by atoms with Crippen LogP contribution in [0.1, 0.15) is 85.1 Å². The lowest BCUT2D eigenvalue weighted by Crippen LogP contribution is -2.27. The molecule has 1 rings (SSSR count). The molecule has 0 aliphatic heterocycles. The number of halogens is 1. The molecule has 3 nitrogen and oxygen atoms in total. The molecule has 0 saturated heterocycles. The average Bonchev–Trinajstić information content (AvgIpc) is 2.57. The number of carboxylic acids is 1. The van der Waals surface area contributed by atoms with Gasteiger partial charge in [0.2, 0.25) is 0 Å². The Kier molecular flexibility index (Phi) is 9.49. The Balaban J connectivity index is 2.70. The van der Waals surface area contributed by atoms with Crippen molar-refractivity contribution in [3.05, 3.63) is 28.8 Å². The molecule has 1 N–H and O–H groups in total. The van der Waals surface area contributed by atoms with Crippen LogP contribution in [0.3, 0.4) is 0 Å². The van der Waals surface area contributed by atoms with Gasteiger partial charge in [-0.3, -0.25) is 0 Å². The number of rotatable bonds is 12. The zero-order chi connectivity index (χ0) is 19.7. The van der Waals surface area contributed by atoms with Crippen molar-refractivity contribution in [3.63, 3.8) is 0 Å². The van der Waals surface area contributed by atoms with E-state index in [0.717, 1.165) is 24.8 Å². The number of hydrogen-bond acceptors (Lipinski definition) is 2. The van der Waals surface area contributed by atoms with Crippen molar-refractivity contribution in [2.24, 2.45) is 5.92 Å². The molecule has 0 bridgehead atoms. The lowest BCUT2D eigenvalue weighted by molar-refractivity contribution is -0.145. The van der Waals surface area contributed by atoms with Gasteiger partial charge in [-0.2, -0.15) is 0 Å². The van der Waals surface area contributed by atoms with Gasteiger partial charge in [-0.25, -0.2) is 4.79 Å². The topological polar surface area (TPSA) is 46.5 Å². The molecule has 0 heterocycles. The molecule has 1 aromatic carbocycles. The first kappa shape index (κ1) is 22.8. The summed E-state index contributed by atoms with van der Waals surface area (Å²) in [6.07, 6.45) is 6.39. The summed E-state index contributed by atoms with van der Waals surface area (Å²) in [5, 5.41) is 9.93. The highest BCUT2D eigenvalue weighted by molar-refractivity contribution is 6.32. The first-order valence-corrected chi connectivity index (χ1v) is 10.3. The van der Waals surface area contributed by atoms with Gasteiger partial charge in [0, 0.05) is 0 Å². The number of carbonyl (C=O) groups is 1. The molecule has 0 aliphatic rings. The summed E-state index contributed by atoms with van der Waals surface area (Å²) in [6, 6.07) is 5.70. The fraction of sp³-hybridized carbons (Fsp3) is 0.682. The number of hydrogen-bond donors (Lipinski definition) is 1. The van der Waals surface area contributed by atoms with Crippen molar-refractivity contribution in [2.75, 3.05) is 0 Å². The summed E-state index contributed by atoms with van der Waals surface area (Å²) in [5.74, 6) is -0.0145. The molecule has 1 atom stereocenters. The fourth-order valence-electron chi connectivity index (χ4n) is 2.83. The van der Waals surface area contributed by atoms with Crippen LogP contribution >= 0.6 is 11.6 Å². The SMILES string of the molecule is CCCCCCCCC(Oc1ccc(C(C)(C)C(C)C)cc1Cl)C(=O)O. The summed E-state index contributed by atoms with van der Waals surface area (Å²) >= 11 is 6.39. The van der Waals surface area contributed by atoms with Crippen molar-refractivity contribution in [2.45, 2.75) is 91.1 Å². The van der Waals surface area contributed by atoms with Gasteiger partial charge in [-0.1, -0.05) is 84.4 Å². The van der Waals surface area contributed by atoms with Gasteiger partial charge >= 0.3 is 5.97 Å². The zero-order valence-corrected chi connectivity index (χ0v) is 17.7. The van der Waals surface area contributed by atoms with Gasteiger partial charge in [-0.05, 0) is 41.9 Å². The maximum atomic E-state index is 11.5. The van der Waals surface area contributed by atoms with Crippen LogP contribution in [0.2, 0.25) is 5.02 Å². The predicted octanol–water partition coefficient (Wildman–Crippen LogP) is 6.86. The Morgan fingerprint density at radius 1 is 1.15 bits per heavy atom. The molecule has 1 aromatic rings. The van der Waals surface area contributed by atoms with Crippen LogP contribution in [0, 0.1) is 5.92 Å². The standard InChI is InChI=1S/C22H35ClO3/c1-6-7-8-9-10-11-12-20(21(24)25)26-19-14-13-17(15-18(19)23)22(4,5)16(2)3/h13-16,20H,6-12H2,1-5H3,(H,24,25). The second-order valence-corrected chi connectivity index (χ2v) is 8.43. The van der Waals surface area contributed by atoms with Crippen molar-refractivity contribution in [1.29, 1.82) is 0 Å². The molecule has 0 amide bonds. The minimum Gasteiger partial charge on any atom is -0.479 e. The number of carboxylic acid groups (broad SMARTS) is 1. The molecule has 4 heteroatoms. The van der Waals surface area contributed by atoms with Gasteiger partial charge in [0.15, 0.2) is 6.10 Å². The minimum absolute atomic E-state index is 0.00708. The monoisotopic (exact) mass is 382 g/mol. The minimum atomic E-state index is -0.929. The lowest BCUT2D eigenvalue weighted by Gasteiger charge is -2.30. The Bertz CT molecular complexity index is 567. The van der Waals surface area contributed by atoms with Crippen LogP contribution in [0.4, 0.5) is 0 Å². The molecular formula is C22H35ClO3.